The van der Waals surface area contributed by atoms with Gasteiger partial charge in [0.1, 0.15) is 0 Å². The second-order valence-corrected chi connectivity index (χ2v) is 6.85. The lowest BCUT2D eigenvalue weighted by molar-refractivity contribution is -0.154. The highest BCUT2D eigenvalue weighted by Crippen LogP contribution is 2.22. The molecule has 7 nitrogen and oxygen atoms in total. The molecular formula is C19H29F3IN5O2. The molecule has 1 fully saturated rings. The molecule has 11 heteroatoms. The van der Waals surface area contributed by atoms with E-state index in [-0.39, 0.29) is 42.3 Å². The van der Waals surface area contributed by atoms with E-state index < -0.39 is 12.8 Å². The van der Waals surface area contributed by atoms with Crippen LogP contribution in [0.3, 0.4) is 0 Å². The molecule has 0 saturated carbocycles. The summed E-state index contributed by atoms with van der Waals surface area (Å²) in [6, 6.07) is 3.30. The van der Waals surface area contributed by atoms with Crippen molar-refractivity contribution in [2.75, 3.05) is 33.3 Å². The van der Waals surface area contributed by atoms with E-state index in [0.717, 1.165) is 25.9 Å². The van der Waals surface area contributed by atoms with Crippen LogP contribution in [0.2, 0.25) is 0 Å². The molecule has 0 aliphatic carbocycles. The predicted molar refractivity (Wildman–Crippen MR) is 119 cm³/mol. The van der Waals surface area contributed by atoms with Gasteiger partial charge in [-0.1, -0.05) is 6.07 Å². The van der Waals surface area contributed by atoms with Crippen LogP contribution in [0.15, 0.2) is 23.3 Å². The van der Waals surface area contributed by atoms with Gasteiger partial charge in [-0.25, -0.2) is 9.98 Å². The van der Waals surface area contributed by atoms with E-state index in [1.165, 1.54) is 6.20 Å². The summed E-state index contributed by atoms with van der Waals surface area (Å²) in [5.41, 5.74) is 0.488. The number of guanidine groups is 1. The number of hydrogen-bond acceptors (Lipinski definition) is 4. The summed E-state index contributed by atoms with van der Waals surface area (Å²) in [7, 11) is 1.64. The molecule has 1 aromatic heterocycles. The van der Waals surface area contributed by atoms with Crippen molar-refractivity contribution in [1.29, 1.82) is 0 Å². The van der Waals surface area contributed by atoms with Crippen LogP contribution in [0.1, 0.15) is 31.7 Å². The first-order valence-corrected chi connectivity index (χ1v) is 9.69. The highest BCUT2D eigenvalue weighted by Gasteiger charge is 2.29. The number of amides is 1. The molecule has 2 rings (SSSR count). The molecule has 30 heavy (non-hydrogen) atoms. The number of rotatable bonds is 7. The van der Waals surface area contributed by atoms with Crippen molar-refractivity contribution in [2.45, 2.75) is 38.9 Å². The van der Waals surface area contributed by atoms with E-state index in [0.29, 0.717) is 30.4 Å². The molecule has 0 atom stereocenters. The van der Waals surface area contributed by atoms with E-state index in [9.17, 15) is 18.0 Å². The Labute approximate surface area is 191 Å². The zero-order valence-electron chi connectivity index (χ0n) is 17.2. The minimum atomic E-state index is -4.42. The minimum Gasteiger partial charge on any atom is -0.468 e. The van der Waals surface area contributed by atoms with E-state index >= 15 is 0 Å². The standard InChI is InChI=1S/C19H28F3N5O2.HI/c1-3-24-18(27-9-6-14(7-10-27)11-16(28)23-2)26-12-15-5-4-8-25-17(15)29-13-19(20,21)22;/h4-5,8,14H,3,6-7,9-13H2,1-2H3,(H,23,28)(H,24,26);1H. The van der Waals surface area contributed by atoms with Crippen LogP contribution in [0.4, 0.5) is 13.2 Å². The van der Waals surface area contributed by atoms with E-state index in [1.807, 2.05) is 6.92 Å². The Bertz CT molecular complexity index is 695. The molecule has 0 radical (unpaired) electrons. The van der Waals surface area contributed by atoms with Crippen LogP contribution in [-0.2, 0) is 11.3 Å². The summed E-state index contributed by atoms with van der Waals surface area (Å²) in [4.78, 5) is 22.1. The van der Waals surface area contributed by atoms with Crippen molar-refractivity contribution in [3.05, 3.63) is 23.9 Å². The van der Waals surface area contributed by atoms with Crippen molar-refractivity contribution < 1.29 is 22.7 Å². The Balaban J connectivity index is 0.00000450. The topological polar surface area (TPSA) is 78.9 Å². The highest BCUT2D eigenvalue weighted by atomic mass is 127. The van der Waals surface area contributed by atoms with Crippen LogP contribution >= 0.6 is 24.0 Å². The molecular weight excluding hydrogens is 514 g/mol. The molecule has 170 valence electrons. The van der Waals surface area contributed by atoms with Gasteiger partial charge in [0, 0.05) is 44.9 Å². The van der Waals surface area contributed by atoms with Gasteiger partial charge in [-0.05, 0) is 31.7 Å². The Morgan fingerprint density at radius 2 is 2.07 bits per heavy atom. The number of pyridine rings is 1. The van der Waals surface area contributed by atoms with Gasteiger partial charge < -0.3 is 20.3 Å². The Morgan fingerprint density at radius 1 is 1.37 bits per heavy atom. The Kier molecular flexibility index (Phi) is 11.2. The van der Waals surface area contributed by atoms with Crippen LogP contribution < -0.4 is 15.4 Å². The van der Waals surface area contributed by atoms with E-state index in [4.69, 9.17) is 4.74 Å². The first-order valence-electron chi connectivity index (χ1n) is 9.69. The normalized spacial score (nSPS) is 15.4. The van der Waals surface area contributed by atoms with Crippen molar-refractivity contribution in [1.82, 2.24) is 20.5 Å². The quantitative estimate of drug-likeness (QED) is 0.314. The molecule has 1 amide bonds. The van der Waals surface area contributed by atoms with Gasteiger partial charge in [-0.2, -0.15) is 13.2 Å². The van der Waals surface area contributed by atoms with Gasteiger partial charge in [0.15, 0.2) is 12.6 Å². The average Bonchev–Trinajstić information content (AvgIpc) is 2.70. The van der Waals surface area contributed by atoms with Gasteiger partial charge in [0.05, 0.1) is 6.54 Å². The number of hydrogen-bond donors (Lipinski definition) is 2. The van der Waals surface area contributed by atoms with Crippen LogP contribution in [-0.4, -0.2) is 61.2 Å². The van der Waals surface area contributed by atoms with Gasteiger partial charge in [0.25, 0.3) is 0 Å². The largest absolute Gasteiger partial charge is 0.468 e. The van der Waals surface area contributed by atoms with Gasteiger partial charge in [-0.3, -0.25) is 4.79 Å². The zero-order valence-corrected chi connectivity index (χ0v) is 19.5. The van der Waals surface area contributed by atoms with E-state index in [2.05, 4.69) is 25.5 Å². The average molecular weight is 543 g/mol. The summed E-state index contributed by atoms with van der Waals surface area (Å²) < 4.78 is 42.1. The third-order valence-corrected chi connectivity index (χ3v) is 4.62. The molecule has 1 aliphatic heterocycles. The fourth-order valence-corrected chi connectivity index (χ4v) is 3.12. The zero-order chi connectivity index (χ0) is 21.3. The first-order chi connectivity index (χ1) is 13.8. The molecule has 2 heterocycles. The summed E-state index contributed by atoms with van der Waals surface area (Å²) in [5.74, 6) is 1.02. The molecule has 1 saturated heterocycles. The fraction of sp³-hybridized carbons (Fsp3) is 0.632. The van der Waals surface area contributed by atoms with Gasteiger partial charge >= 0.3 is 6.18 Å². The highest BCUT2D eigenvalue weighted by molar-refractivity contribution is 14.0. The number of piperidine rings is 1. The minimum absolute atomic E-state index is 0. The molecule has 0 aromatic carbocycles. The predicted octanol–water partition coefficient (Wildman–Crippen LogP) is 2.95. The number of nitrogens with zero attached hydrogens (tertiary/aromatic N) is 3. The van der Waals surface area contributed by atoms with Crippen molar-refractivity contribution in [2.24, 2.45) is 10.9 Å². The Hall–Kier alpha value is -1.79. The lowest BCUT2D eigenvalue weighted by Gasteiger charge is -2.34. The number of aromatic nitrogens is 1. The van der Waals surface area contributed by atoms with Crippen molar-refractivity contribution >= 4 is 35.8 Å². The fourth-order valence-electron chi connectivity index (χ4n) is 3.12. The number of aliphatic imine (C=N–C) groups is 1. The number of carbonyl (C=O) groups is 1. The Morgan fingerprint density at radius 3 is 2.67 bits per heavy atom. The van der Waals surface area contributed by atoms with Crippen LogP contribution in [0.5, 0.6) is 5.88 Å². The smallest absolute Gasteiger partial charge is 0.422 e. The summed E-state index contributed by atoms with van der Waals surface area (Å²) in [5, 5.41) is 5.87. The lowest BCUT2D eigenvalue weighted by Crippen LogP contribution is -2.46. The maximum Gasteiger partial charge on any atom is 0.422 e. The molecule has 1 aromatic rings. The van der Waals surface area contributed by atoms with Crippen LogP contribution in [0, 0.1) is 5.92 Å². The SMILES string of the molecule is CCNC(=NCc1cccnc1OCC(F)(F)F)N1CCC(CC(=O)NC)CC1.I. The monoisotopic (exact) mass is 543 g/mol. The molecule has 0 spiro atoms. The number of carbonyl (C=O) groups excluding carboxylic acids is 1. The maximum absolute atomic E-state index is 12.4. The summed E-state index contributed by atoms with van der Waals surface area (Å²) in [6.07, 6.45) is -0.754. The number of alkyl halides is 3. The van der Waals surface area contributed by atoms with Gasteiger partial charge in [-0.15, -0.1) is 24.0 Å². The van der Waals surface area contributed by atoms with Crippen LogP contribution in [0.25, 0.3) is 0 Å². The third-order valence-electron chi connectivity index (χ3n) is 4.62. The maximum atomic E-state index is 12.4. The van der Waals surface area contributed by atoms with Crippen molar-refractivity contribution in [3.63, 3.8) is 0 Å². The van der Waals surface area contributed by atoms with Crippen molar-refractivity contribution in [3.8, 4) is 5.88 Å². The summed E-state index contributed by atoms with van der Waals surface area (Å²) >= 11 is 0. The summed E-state index contributed by atoms with van der Waals surface area (Å²) in [6.45, 7) is 2.91. The second kappa shape index (κ2) is 12.8. The number of likely N-dealkylation sites (tertiary alicyclic amines) is 1. The number of halogens is 4. The number of ether oxygens (including phenoxy) is 1. The third kappa shape index (κ3) is 8.92. The first kappa shape index (κ1) is 26.2. The number of nitrogens with one attached hydrogen (secondary N) is 2. The van der Waals surface area contributed by atoms with E-state index in [1.54, 1.807) is 19.2 Å². The molecule has 0 bridgehead atoms. The lowest BCUT2D eigenvalue weighted by atomic mass is 9.93. The molecule has 1 aliphatic rings. The molecule has 2 N–H and O–H groups in total. The molecule has 0 unspecified atom stereocenters. The second-order valence-electron chi connectivity index (χ2n) is 6.85. The van der Waals surface area contributed by atoms with Gasteiger partial charge in [0.2, 0.25) is 11.8 Å².